The number of rotatable bonds is 38. The summed E-state index contributed by atoms with van der Waals surface area (Å²) in [5, 5.41) is 86.8. The molecule has 0 bridgehead atoms. The highest BCUT2D eigenvalue weighted by molar-refractivity contribution is 5.76. The quantitative estimate of drug-likeness (QED) is 0.0229. The van der Waals surface area contributed by atoms with Crippen LogP contribution in [0.2, 0.25) is 0 Å². The largest absolute Gasteiger partial charge is 0.394 e. The topological polar surface area (TPSA) is 228 Å². The number of hydrogen-bond acceptors (Lipinski definition) is 13. The van der Waals surface area contributed by atoms with E-state index in [4.69, 9.17) is 18.9 Å². The first-order valence-electron chi connectivity index (χ1n) is 25.7. The monoisotopic (exact) mass is 950 g/mol. The molecule has 0 saturated carbocycles. The molecule has 2 fully saturated rings. The second kappa shape index (κ2) is 39.2. The number of unbranched alkanes of at least 4 members (excludes halogenated alkanes) is 13. The van der Waals surface area contributed by atoms with Crippen molar-refractivity contribution in [2.75, 3.05) is 19.8 Å². The fourth-order valence-corrected chi connectivity index (χ4v) is 8.00. The minimum absolute atomic E-state index is 0.245. The summed E-state index contributed by atoms with van der Waals surface area (Å²) in [6.07, 6.45) is 31.9. The van der Waals surface area contributed by atoms with Crippen molar-refractivity contribution in [2.24, 2.45) is 0 Å². The molecule has 0 spiro atoms. The molecule has 2 aliphatic rings. The first-order valence-corrected chi connectivity index (χ1v) is 25.7. The zero-order valence-electron chi connectivity index (χ0n) is 40.9. The molecule has 14 nitrogen and oxygen atoms in total. The molecule has 12 unspecified atom stereocenters. The van der Waals surface area contributed by atoms with Crippen molar-refractivity contribution in [1.29, 1.82) is 0 Å². The maximum Gasteiger partial charge on any atom is 0.220 e. The van der Waals surface area contributed by atoms with Crippen molar-refractivity contribution in [3.05, 3.63) is 72.9 Å². The number of allylic oxidation sites excluding steroid dienone is 12. The van der Waals surface area contributed by atoms with Crippen LogP contribution < -0.4 is 5.32 Å². The summed E-state index contributed by atoms with van der Waals surface area (Å²) >= 11 is 0. The van der Waals surface area contributed by atoms with Gasteiger partial charge in [0.25, 0.3) is 0 Å². The fraction of sp³-hybridized carbons (Fsp3) is 0.755. The Labute approximate surface area is 402 Å². The Morgan fingerprint density at radius 1 is 0.552 bits per heavy atom. The summed E-state index contributed by atoms with van der Waals surface area (Å²) in [7, 11) is 0. The SMILES string of the molecule is CC/C=C\C/C=C\C/C=C\C/C=C\C/C=C\C/C=C\CCCCC(=O)NC(COC1OC(CO)C(OC2OC(CO)C(O)C(O)C2O)C(O)C1O)C(O)CCCCCCCCCCCCCC. The van der Waals surface area contributed by atoms with Crippen molar-refractivity contribution in [1.82, 2.24) is 5.32 Å². The molecule has 67 heavy (non-hydrogen) atoms. The molecule has 0 radical (unpaired) electrons. The molecule has 0 aromatic carbocycles. The summed E-state index contributed by atoms with van der Waals surface area (Å²) in [6.45, 7) is 2.68. The van der Waals surface area contributed by atoms with Gasteiger partial charge in [-0.25, -0.2) is 0 Å². The van der Waals surface area contributed by atoms with Gasteiger partial charge in [0.05, 0.1) is 32.0 Å². The molecule has 2 saturated heterocycles. The van der Waals surface area contributed by atoms with Crippen LogP contribution in [0, 0.1) is 0 Å². The van der Waals surface area contributed by atoms with Crippen LogP contribution in [0.1, 0.15) is 162 Å². The highest BCUT2D eigenvalue weighted by atomic mass is 16.7. The number of aliphatic hydroxyl groups is 8. The lowest BCUT2D eigenvalue weighted by Gasteiger charge is -2.46. The van der Waals surface area contributed by atoms with E-state index in [-0.39, 0.29) is 18.9 Å². The molecule has 386 valence electrons. The van der Waals surface area contributed by atoms with Gasteiger partial charge < -0.3 is 65.1 Å². The number of amides is 1. The van der Waals surface area contributed by atoms with E-state index in [2.05, 4.69) is 92.1 Å². The van der Waals surface area contributed by atoms with Crippen LogP contribution in [0.3, 0.4) is 0 Å². The summed E-state index contributed by atoms with van der Waals surface area (Å²) in [4.78, 5) is 13.2. The van der Waals surface area contributed by atoms with Crippen molar-refractivity contribution in [3.8, 4) is 0 Å². The van der Waals surface area contributed by atoms with Gasteiger partial charge in [-0.3, -0.25) is 4.79 Å². The lowest BCUT2D eigenvalue weighted by Crippen LogP contribution is -2.65. The molecular formula is C53H91NO13. The Balaban J connectivity index is 1.84. The van der Waals surface area contributed by atoms with Gasteiger partial charge in [0.2, 0.25) is 5.91 Å². The van der Waals surface area contributed by atoms with E-state index >= 15 is 0 Å². The van der Waals surface area contributed by atoms with Gasteiger partial charge in [0.15, 0.2) is 12.6 Å². The first kappa shape index (κ1) is 60.6. The minimum Gasteiger partial charge on any atom is -0.394 e. The third-order valence-corrected chi connectivity index (χ3v) is 12.2. The van der Waals surface area contributed by atoms with E-state index in [9.17, 15) is 45.6 Å². The third-order valence-electron chi connectivity index (χ3n) is 12.2. The second-order valence-corrected chi connectivity index (χ2v) is 17.9. The Bertz CT molecular complexity index is 1400. The lowest BCUT2D eigenvalue weighted by molar-refractivity contribution is -0.359. The molecular weight excluding hydrogens is 859 g/mol. The minimum atomic E-state index is -1.79. The summed E-state index contributed by atoms with van der Waals surface area (Å²) in [5.41, 5.74) is 0. The van der Waals surface area contributed by atoms with Gasteiger partial charge in [-0.15, -0.1) is 0 Å². The smallest absolute Gasteiger partial charge is 0.220 e. The molecule has 0 aromatic heterocycles. The highest BCUT2D eigenvalue weighted by Crippen LogP contribution is 2.30. The fourth-order valence-electron chi connectivity index (χ4n) is 8.00. The zero-order valence-corrected chi connectivity index (χ0v) is 40.9. The van der Waals surface area contributed by atoms with E-state index in [0.717, 1.165) is 77.0 Å². The normalized spacial score (nSPS) is 27.2. The molecule has 0 aliphatic carbocycles. The maximum absolute atomic E-state index is 13.2. The lowest BCUT2D eigenvalue weighted by atomic mass is 9.97. The average molecular weight is 950 g/mol. The van der Waals surface area contributed by atoms with Crippen LogP contribution in [0.4, 0.5) is 0 Å². The third kappa shape index (κ3) is 26.3. The van der Waals surface area contributed by atoms with Crippen molar-refractivity contribution >= 4 is 5.91 Å². The van der Waals surface area contributed by atoms with Crippen LogP contribution in [0.5, 0.6) is 0 Å². The van der Waals surface area contributed by atoms with Crippen LogP contribution in [0.25, 0.3) is 0 Å². The Morgan fingerprint density at radius 2 is 1.03 bits per heavy atom. The van der Waals surface area contributed by atoms with Gasteiger partial charge in [-0.05, 0) is 64.2 Å². The van der Waals surface area contributed by atoms with E-state index in [0.29, 0.717) is 12.8 Å². The average Bonchev–Trinajstić information content (AvgIpc) is 3.32. The molecule has 12 atom stereocenters. The van der Waals surface area contributed by atoms with E-state index in [1.807, 2.05) is 0 Å². The number of nitrogens with one attached hydrogen (secondary N) is 1. The van der Waals surface area contributed by atoms with Crippen molar-refractivity contribution in [3.63, 3.8) is 0 Å². The Hall–Kier alpha value is -2.57. The van der Waals surface area contributed by atoms with Crippen LogP contribution >= 0.6 is 0 Å². The van der Waals surface area contributed by atoms with Gasteiger partial charge in [0.1, 0.15) is 48.8 Å². The zero-order chi connectivity index (χ0) is 48.9. The van der Waals surface area contributed by atoms with Crippen LogP contribution in [0.15, 0.2) is 72.9 Å². The van der Waals surface area contributed by atoms with Gasteiger partial charge in [-0.1, -0.05) is 164 Å². The second-order valence-electron chi connectivity index (χ2n) is 17.9. The van der Waals surface area contributed by atoms with Gasteiger partial charge in [0, 0.05) is 6.42 Å². The van der Waals surface area contributed by atoms with Gasteiger partial charge >= 0.3 is 0 Å². The highest BCUT2D eigenvalue weighted by Gasteiger charge is 2.51. The Morgan fingerprint density at radius 3 is 1.55 bits per heavy atom. The number of aliphatic hydroxyl groups excluding tert-OH is 8. The summed E-state index contributed by atoms with van der Waals surface area (Å²) in [5.74, 6) is -0.253. The van der Waals surface area contributed by atoms with E-state index < -0.39 is 86.8 Å². The molecule has 1 amide bonds. The Kier molecular flexibility index (Phi) is 35.4. The van der Waals surface area contributed by atoms with Gasteiger partial charge in [-0.2, -0.15) is 0 Å². The van der Waals surface area contributed by atoms with E-state index in [1.165, 1.54) is 51.4 Å². The van der Waals surface area contributed by atoms with Crippen molar-refractivity contribution in [2.45, 2.75) is 235 Å². The van der Waals surface area contributed by atoms with Crippen molar-refractivity contribution < 1.29 is 64.6 Å². The number of ether oxygens (including phenoxy) is 4. The molecule has 9 N–H and O–H groups in total. The molecule has 2 heterocycles. The molecule has 2 rings (SSSR count). The predicted molar refractivity (Wildman–Crippen MR) is 263 cm³/mol. The summed E-state index contributed by atoms with van der Waals surface area (Å²) < 4.78 is 22.7. The molecule has 0 aromatic rings. The predicted octanol–water partition coefficient (Wildman–Crippen LogP) is 6.82. The number of hydrogen-bond donors (Lipinski definition) is 9. The molecule has 14 heteroatoms. The number of carbonyl (C=O) groups is 1. The standard InChI is InChI=1S/C53H91NO13/c1-3-5-7-9-11-13-15-17-18-19-20-21-22-23-24-25-27-29-31-33-35-37-45(58)54-41(42(57)36-34-32-30-28-26-16-14-12-10-8-6-4-2)40-64-52-50(63)48(61)51(44(39-56)66-52)67-53-49(62)47(60)46(59)43(38-55)65-53/h5,7,11,13,17-18,20-21,23-24,27,29,41-44,46-53,55-57,59-63H,3-4,6,8-10,12,14-16,19,22,25-26,28,30-40H2,1-2H3,(H,54,58)/b7-5-,13-11-,18-17-,21-20-,24-23-,29-27-. The van der Waals surface area contributed by atoms with Crippen LogP contribution in [-0.4, -0.2) is 140 Å². The first-order chi connectivity index (χ1) is 32.6. The van der Waals surface area contributed by atoms with Crippen LogP contribution in [-0.2, 0) is 23.7 Å². The summed E-state index contributed by atoms with van der Waals surface area (Å²) in [6, 6.07) is -0.854. The van der Waals surface area contributed by atoms with E-state index in [1.54, 1.807) is 0 Å². The maximum atomic E-state index is 13.2. The molecule has 2 aliphatic heterocycles. The number of carbonyl (C=O) groups excluding carboxylic acids is 1.